The van der Waals surface area contributed by atoms with Crippen LogP contribution in [0.2, 0.25) is 0 Å². The second-order valence-corrected chi connectivity index (χ2v) is 8.02. The summed E-state index contributed by atoms with van der Waals surface area (Å²) in [5, 5.41) is 0. The van der Waals surface area contributed by atoms with Crippen LogP contribution in [0.4, 0.5) is 0 Å². The van der Waals surface area contributed by atoms with Crippen molar-refractivity contribution in [1.82, 2.24) is 0 Å². The van der Waals surface area contributed by atoms with Crippen molar-refractivity contribution < 1.29 is 18.7 Å². The molecule has 1 aromatic rings. The summed E-state index contributed by atoms with van der Waals surface area (Å²) in [5.41, 5.74) is 1.25. The normalized spacial score (nSPS) is 38.4. The molecule has 0 spiro atoms. The summed E-state index contributed by atoms with van der Waals surface area (Å²) in [5.74, 6) is 0.434. The van der Waals surface area contributed by atoms with Crippen LogP contribution in [-0.4, -0.2) is 18.4 Å². The highest BCUT2D eigenvalue weighted by Crippen LogP contribution is 2.64. The summed E-state index contributed by atoms with van der Waals surface area (Å²) in [4.78, 5) is 25.1. The molecule has 2 aliphatic carbocycles. The molecule has 1 unspecified atom stereocenters. The summed E-state index contributed by atoms with van der Waals surface area (Å²) in [6, 6.07) is 1.72. The summed E-state index contributed by atoms with van der Waals surface area (Å²) in [6.07, 6.45) is 8.29. The van der Waals surface area contributed by atoms with Gasteiger partial charge in [0.15, 0.2) is 5.78 Å². The highest BCUT2D eigenvalue weighted by atomic mass is 16.5. The molecule has 4 heteroatoms. The molecule has 2 saturated carbocycles. The molecule has 0 amide bonds. The Bertz CT molecular complexity index is 689. The van der Waals surface area contributed by atoms with Crippen molar-refractivity contribution >= 4 is 11.8 Å². The minimum absolute atomic E-state index is 0.0461. The number of allylic oxidation sites excluding steroid dienone is 1. The van der Waals surface area contributed by atoms with E-state index in [0.29, 0.717) is 24.5 Å². The van der Waals surface area contributed by atoms with Crippen LogP contribution in [0.5, 0.6) is 0 Å². The van der Waals surface area contributed by atoms with E-state index in [1.807, 2.05) is 0 Å². The number of hydrogen-bond acceptors (Lipinski definition) is 4. The molecule has 24 heavy (non-hydrogen) atoms. The first-order chi connectivity index (χ1) is 11.5. The summed E-state index contributed by atoms with van der Waals surface area (Å²) in [6.45, 7) is 6.79. The summed E-state index contributed by atoms with van der Waals surface area (Å²) in [7, 11) is 0. The van der Waals surface area contributed by atoms with Gasteiger partial charge in [-0.1, -0.05) is 18.6 Å². The fourth-order valence-electron chi connectivity index (χ4n) is 5.66. The zero-order chi connectivity index (χ0) is 16.9. The maximum absolute atomic E-state index is 12.7. The Balaban J connectivity index is 1.69. The topological polar surface area (TPSA) is 56.5 Å². The summed E-state index contributed by atoms with van der Waals surface area (Å²) < 4.78 is 10.7. The van der Waals surface area contributed by atoms with Crippen LogP contribution in [0.1, 0.15) is 55.8 Å². The largest absolute Gasteiger partial charge is 0.472 e. The van der Waals surface area contributed by atoms with E-state index in [1.165, 1.54) is 12.5 Å². The first kappa shape index (κ1) is 15.7. The Morgan fingerprint density at radius 1 is 1.42 bits per heavy atom. The monoisotopic (exact) mass is 328 g/mol. The van der Waals surface area contributed by atoms with E-state index < -0.39 is 5.41 Å². The lowest BCUT2D eigenvalue weighted by molar-refractivity contribution is -0.206. The van der Waals surface area contributed by atoms with Crippen LogP contribution in [0.3, 0.4) is 0 Å². The van der Waals surface area contributed by atoms with Crippen molar-refractivity contribution in [3.8, 4) is 0 Å². The Hall–Kier alpha value is -1.84. The van der Waals surface area contributed by atoms with Gasteiger partial charge in [-0.3, -0.25) is 9.59 Å². The second kappa shape index (κ2) is 5.33. The minimum atomic E-state index is -0.395. The fraction of sp³-hybridized carbons (Fsp3) is 0.600. The Kier molecular flexibility index (Phi) is 3.48. The maximum Gasteiger partial charge on any atom is 0.312 e. The van der Waals surface area contributed by atoms with Gasteiger partial charge in [0.2, 0.25) is 0 Å². The van der Waals surface area contributed by atoms with Gasteiger partial charge in [0, 0.05) is 11.8 Å². The quantitative estimate of drug-likeness (QED) is 0.475. The van der Waals surface area contributed by atoms with E-state index in [0.717, 1.165) is 37.7 Å². The molecule has 4 atom stereocenters. The smallest absolute Gasteiger partial charge is 0.312 e. The van der Waals surface area contributed by atoms with Crippen molar-refractivity contribution in [3.05, 3.63) is 36.3 Å². The summed E-state index contributed by atoms with van der Waals surface area (Å²) >= 11 is 0. The van der Waals surface area contributed by atoms with Gasteiger partial charge in [-0.05, 0) is 50.5 Å². The van der Waals surface area contributed by atoms with Crippen LogP contribution in [0, 0.1) is 22.7 Å². The molecule has 1 saturated heterocycles. The van der Waals surface area contributed by atoms with Crippen molar-refractivity contribution in [1.29, 1.82) is 0 Å². The number of cyclic esters (lactones) is 1. The van der Waals surface area contributed by atoms with Gasteiger partial charge >= 0.3 is 5.97 Å². The van der Waals surface area contributed by atoms with E-state index in [2.05, 4.69) is 13.5 Å². The molecule has 3 fully saturated rings. The zero-order valence-electron chi connectivity index (χ0n) is 14.2. The molecule has 0 N–H and O–H groups in total. The highest BCUT2D eigenvalue weighted by molar-refractivity contribution is 5.96. The average Bonchev–Trinajstić information content (AvgIpc) is 3.09. The predicted octanol–water partition coefficient (Wildman–Crippen LogP) is 4.17. The molecular weight excluding hydrogens is 304 g/mol. The van der Waals surface area contributed by atoms with Crippen LogP contribution >= 0.6 is 0 Å². The molecule has 3 aliphatic rings. The zero-order valence-corrected chi connectivity index (χ0v) is 14.2. The number of ether oxygens (including phenoxy) is 1. The number of carbonyl (C=O) groups excluding carboxylic acids is 2. The van der Waals surface area contributed by atoms with Crippen molar-refractivity contribution in [3.63, 3.8) is 0 Å². The van der Waals surface area contributed by atoms with Crippen LogP contribution in [0.15, 0.2) is 35.2 Å². The van der Waals surface area contributed by atoms with Gasteiger partial charge in [0.25, 0.3) is 0 Å². The highest BCUT2D eigenvalue weighted by Gasteiger charge is 2.63. The Labute approximate surface area is 142 Å². The lowest BCUT2D eigenvalue weighted by Gasteiger charge is -2.61. The number of esters is 1. The number of hydrogen-bond donors (Lipinski definition) is 0. The van der Waals surface area contributed by atoms with Gasteiger partial charge < -0.3 is 9.15 Å². The van der Waals surface area contributed by atoms with Gasteiger partial charge in [0.1, 0.15) is 6.26 Å². The van der Waals surface area contributed by atoms with Crippen LogP contribution in [-0.2, 0) is 9.53 Å². The van der Waals surface area contributed by atoms with E-state index >= 15 is 0 Å². The average molecular weight is 328 g/mol. The third kappa shape index (κ3) is 2.04. The van der Waals surface area contributed by atoms with Gasteiger partial charge in [-0.25, -0.2) is 0 Å². The molecule has 4 rings (SSSR count). The molecule has 128 valence electrons. The predicted molar refractivity (Wildman–Crippen MR) is 88.4 cm³/mol. The van der Waals surface area contributed by atoms with Crippen LogP contribution in [0.25, 0.3) is 0 Å². The molecule has 0 aromatic carbocycles. The van der Waals surface area contributed by atoms with E-state index in [1.54, 1.807) is 6.07 Å². The molecule has 1 aliphatic heterocycles. The lowest BCUT2D eigenvalue weighted by atomic mass is 9.45. The first-order valence-corrected chi connectivity index (χ1v) is 8.88. The third-order valence-electron chi connectivity index (χ3n) is 6.91. The molecule has 0 radical (unpaired) electrons. The molecular formula is C20H24O4. The first-order valence-electron chi connectivity index (χ1n) is 8.88. The molecule has 2 heterocycles. The van der Waals surface area contributed by atoms with E-state index in [4.69, 9.17) is 9.15 Å². The minimum Gasteiger partial charge on any atom is -0.472 e. The number of rotatable bonds is 3. The van der Waals surface area contributed by atoms with Gasteiger partial charge in [-0.15, -0.1) is 0 Å². The standard InChI is InChI=1S/C20H24O4/c1-13-4-5-17-19(2)7-3-8-20(17,12-24-18(19)22)15(13)10-16(21)14-6-9-23-11-14/h6,9,11,15,17H,1,3-5,7-8,10,12H2,2H3/t15-,17-,19?,20+/m0/s1. The number of Topliss-reactive ketones (excluding diaryl/α,β-unsaturated/α-hetero) is 1. The van der Waals surface area contributed by atoms with Gasteiger partial charge in [-0.2, -0.15) is 0 Å². The maximum atomic E-state index is 12.7. The second-order valence-electron chi connectivity index (χ2n) is 8.02. The number of ketones is 1. The number of furan rings is 1. The molecule has 1 aromatic heterocycles. The van der Waals surface area contributed by atoms with Crippen molar-refractivity contribution in [2.24, 2.45) is 22.7 Å². The van der Waals surface area contributed by atoms with E-state index in [9.17, 15) is 9.59 Å². The van der Waals surface area contributed by atoms with Crippen molar-refractivity contribution in [2.45, 2.75) is 45.4 Å². The molecule has 4 nitrogen and oxygen atoms in total. The SMILES string of the molecule is C=C1CC[C@H]2C3(C)CCC[C@@]2(COC3=O)[C@H]1CC(=O)c1ccoc1. The fourth-order valence-corrected chi connectivity index (χ4v) is 5.66. The lowest BCUT2D eigenvalue weighted by Crippen LogP contribution is -2.61. The van der Waals surface area contributed by atoms with Crippen LogP contribution < -0.4 is 0 Å². The number of carbonyl (C=O) groups is 2. The van der Waals surface area contributed by atoms with Crippen molar-refractivity contribution in [2.75, 3.05) is 6.61 Å². The van der Waals surface area contributed by atoms with E-state index in [-0.39, 0.29) is 23.1 Å². The Morgan fingerprint density at radius 2 is 2.25 bits per heavy atom. The third-order valence-corrected chi connectivity index (χ3v) is 6.91. The molecule has 2 bridgehead atoms. The Morgan fingerprint density at radius 3 is 3.00 bits per heavy atom. The van der Waals surface area contributed by atoms with Gasteiger partial charge in [0.05, 0.1) is 23.8 Å².